The van der Waals surface area contributed by atoms with Crippen molar-refractivity contribution in [2.45, 2.75) is 89.7 Å². The van der Waals surface area contributed by atoms with Crippen LogP contribution in [0, 0.1) is 23.7 Å². The molecule has 204 valence electrons. The summed E-state index contributed by atoms with van der Waals surface area (Å²) in [6.45, 7) is 6.66. The summed E-state index contributed by atoms with van der Waals surface area (Å²) in [5.74, 6) is -0.0294. The van der Waals surface area contributed by atoms with Crippen molar-refractivity contribution in [2.24, 2.45) is 23.7 Å². The van der Waals surface area contributed by atoms with Crippen molar-refractivity contribution >= 4 is 11.9 Å². The van der Waals surface area contributed by atoms with Crippen LogP contribution < -0.4 is 10.1 Å². The van der Waals surface area contributed by atoms with E-state index in [0.717, 1.165) is 37.0 Å². The summed E-state index contributed by atoms with van der Waals surface area (Å²) in [6.07, 6.45) is 2.99. The molecular weight excluding hydrogens is 478 g/mol. The molecule has 1 amide bonds. The molecule has 1 aliphatic carbocycles. The minimum absolute atomic E-state index is 0.0146. The van der Waals surface area contributed by atoms with E-state index in [4.69, 9.17) is 28.7 Å². The summed E-state index contributed by atoms with van der Waals surface area (Å²) in [6, 6.07) is 7.72. The number of carbonyl (C=O) groups excluding carboxylic acids is 2. The van der Waals surface area contributed by atoms with E-state index >= 15 is 0 Å². The number of hydrogen-bond acceptors (Lipinski definition) is 8. The molecule has 0 radical (unpaired) electrons. The molecule has 4 saturated heterocycles. The van der Waals surface area contributed by atoms with Crippen molar-refractivity contribution in [1.82, 2.24) is 5.32 Å². The summed E-state index contributed by atoms with van der Waals surface area (Å²) in [4.78, 5) is 36.9. The quantitative estimate of drug-likeness (QED) is 0.410. The van der Waals surface area contributed by atoms with E-state index in [1.54, 1.807) is 7.11 Å². The number of amides is 1. The van der Waals surface area contributed by atoms with Gasteiger partial charge in [0, 0.05) is 31.2 Å². The maximum atomic E-state index is 12.7. The lowest BCUT2D eigenvalue weighted by molar-refractivity contribution is -0.576. The molecule has 0 unspecified atom stereocenters. The van der Waals surface area contributed by atoms with Crippen molar-refractivity contribution in [3.63, 3.8) is 0 Å². The fourth-order valence-corrected chi connectivity index (χ4v) is 6.64. The Morgan fingerprint density at radius 2 is 1.84 bits per heavy atom. The summed E-state index contributed by atoms with van der Waals surface area (Å²) in [7, 11) is 1.63. The van der Waals surface area contributed by atoms with Crippen molar-refractivity contribution in [3.8, 4) is 5.75 Å². The predicted molar refractivity (Wildman–Crippen MR) is 132 cm³/mol. The number of nitrogens with one attached hydrogen (secondary N) is 1. The van der Waals surface area contributed by atoms with Gasteiger partial charge in [0.05, 0.1) is 13.5 Å². The summed E-state index contributed by atoms with van der Waals surface area (Å²) >= 11 is 0. The highest BCUT2D eigenvalue weighted by Gasteiger charge is 2.69. The summed E-state index contributed by atoms with van der Waals surface area (Å²) in [5, 5.41) is 2.87. The Morgan fingerprint density at radius 3 is 2.59 bits per heavy atom. The van der Waals surface area contributed by atoms with E-state index in [9.17, 15) is 9.59 Å². The zero-order valence-corrected chi connectivity index (χ0v) is 22.2. The number of methoxy groups -OCH3 is 1. The maximum absolute atomic E-state index is 12.7. The highest BCUT2D eigenvalue weighted by molar-refractivity contribution is 5.81. The highest BCUT2D eigenvalue weighted by Crippen LogP contribution is 2.60. The van der Waals surface area contributed by atoms with Crippen LogP contribution in [0.25, 0.3) is 0 Å². The molecule has 1 N–H and O–H groups in total. The fourth-order valence-electron chi connectivity index (χ4n) is 6.64. The molecule has 1 aromatic rings. The Morgan fingerprint density at radius 1 is 1.05 bits per heavy atom. The van der Waals surface area contributed by atoms with Crippen molar-refractivity contribution in [3.05, 3.63) is 29.8 Å². The standard InChI is InChI=1S/C28H39NO8/c1-17-5-10-22-18(2)25(34-26-28(22)21(17)13-15-27(3,35-26)36-37-28)33-24(31)12-11-23(30)29-16-14-19-6-8-20(32-4)9-7-19/h6-9,17-18,21-22,25-26H,5,10-16H2,1-4H3,(H,29,30)/t17-,18+,21-,22+,25+,26-,27+,28-/m0/s1. The Labute approximate surface area is 218 Å². The average Bonchev–Trinajstić information content (AvgIpc) is 3.12. The van der Waals surface area contributed by atoms with Crippen molar-refractivity contribution in [1.29, 1.82) is 0 Å². The van der Waals surface area contributed by atoms with E-state index in [0.29, 0.717) is 18.9 Å². The zero-order valence-electron chi connectivity index (χ0n) is 22.2. The number of benzene rings is 1. The first-order chi connectivity index (χ1) is 17.7. The number of rotatable bonds is 8. The first-order valence-electron chi connectivity index (χ1n) is 13.5. The van der Waals surface area contributed by atoms with E-state index in [2.05, 4.69) is 12.2 Å². The van der Waals surface area contributed by atoms with E-state index < -0.39 is 29.9 Å². The van der Waals surface area contributed by atoms with Crippen molar-refractivity contribution < 1.29 is 38.3 Å². The molecule has 0 aromatic heterocycles. The van der Waals surface area contributed by atoms with Gasteiger partial charge in [0.2, 0.25) is 18.0 Å². The number of fused-ring (bicyclic) bond motifs is 2. The molecule has 9 heteroatoms. The van der Waals surface area contributed by atoms with Crippen LogP contribution in [0.15, 0.2) is 24.3 Å². The minimum atomic E-state index is -0.878. The molecule has 4 heterocycles. The van der Waals surface area contributed by atoms with Gasteiger partial charge >= 0.3 is 5.97 Å². The molecule has 4 aliphatic heterocycles. The predicted octanol–water partition coefficient (Wildman–Crippen LogP) is 3.89. The Balaban J connectivity index is 1.13. The second-order valence-electron chi connectivity index (χ2n) is 11.2. The SMILES string of the molecule is COc1ccc(CCNC(=O)CCC(=O)O[C@@H]2O[C@H]3O[C@@]4(C)CC[C@H]5[C@@H](C)CC[C@H]([C@H]2C)[C@]35OO4)cc1. The normalized spacial score (nSPS) is 38.3. The lowest BCUT2D eigenvalue weighted by Crippen LogP contribution is -2.70. The number of ether oxygens (including phenoxy) is 4. The zero-order chi connectivity index (χ0) is 26.2. The van der Waals surface area contributed by atoms with Gasteiger partial charge in [-0.25, -0.2) is 9.78 Å². The Bertz CT molecular complexity index is 985. The van der Waals surface area contributed by atoms with Gasteiger partial charge in [-0.15, -0.1) is 0 Å². The van der Waals surface area contributed by atoms with Gasteiger partial charge in [0.15, 0.2) is 11.9 Å². The molecule has 5 aliphatic rings. The minimum Gasteiger partial charge on any atom is -0.497 e. The van der Waals surface area contributed by atoms with Crippen LogP contribution in [0.1, 0.15) is 64.9 Å². The maximum Gasteiger partial charge on any atom is 0.308 e. The molecule has 8 atom stereocenters. The molecular formula is C28H39NO8. The summed E-state index contributed by atoms with van der Waals surface area (Å²) < 4.78 is 23.5. The smallest absolute Gasteiger partial charge is 0.308 e. The van der Waals surface area contributed by atoms with Gasteiger partial charge < -0.3 is 24.3 Å². The van der Waals surface area contributed by atoms with Crippen LogP contribution in [0.4, 0.5) is 0 Å². The van der Waals surface area contributed by atoms with Gasteiger partial charge in [-0.1, -0.05) is 26.0 Å². The molecule has 37 heavy (non-hydrogen) atoms. The number of esters is 1. The van der Waals surface area contributed by atoms with Crippen LogP contribution in [-0.2, 0) is 40.0 Å². The van der Waals surface area contributed by atoms with E-state index in [1.165, 1.54) is 0 Å². The lowest BCUT2D eigenvalue weighted by atomic mass is 9.58. The second kappa shape index (κ2) is 10.5. The van der Waals surface area contributed by atoms with Gasteiger partial charge in [0.1, 0.15) is 5.75 Å². The largest absolute Gasteiger partial charge is 0.497 e. The van der Waals surface area contributed by atoms with E-state index in [1.807, 2.05) is 38.1 Å². The molecule has 1 aromatic carbocycles. The summed E-state index contributed by atoms with van der Waals surface area (Å²) in [5.41, 5.74) is 0.401. The average molecular weight is 518 g/mol. The van der Waals surface area contributed by atoms with E-state index in [-0.39, 0.29) is 36.5 Å². The van der Waals surface area contributed by atoms with Gasteiger partial charge in [-0.05, 0) is 62.1 Å². The monoisotopic (exact) mass is 517 g/mol. The third-order valence-electron chi connectivity index (χ3n) is 8.80. The molecule has 2 bridgehead atoms. The van der Waals surface area contributed by atoms with Gasteiger partial charge in [-0.2, -0.15) is 0 Å². The van der Waals surface area contributed by atoms with Gasteiger partial charge in [-0.3, -0.25) is 9.59 Å². The van der Waals surface area contributed by atoms with Crippen LogP contribution in [0.5, 0.6) is 5.75 Å². The molecule has 9 nitrogen and oxygen atoms in total. The van der Waals surface area contributed by atoms with Crippen LogP contribution >= 0.6 is 0 Å². The van der Waals surface area contributed by atoms with Crippen molar-refractivity contribution in [2.75, 3.05) is 13.7 Å². The fraction of sp³-hybridized carbons (Fsp3) is 0.714. The third-order valence-corrected chi connectivity index (χ3v) is 8.80. The second-order valence-corrected chi connectivity index (χ2v) is 11.2. The molecule has 1 spiro atoms. The van der Waals surface area contributed by atoms with Crippen LogP contribution in [0.3, 0.4) is 0 Å². The topological polar surface area (TPSA) is 102 Å². The Hall–Kier alpha value is -2.20. The Kier molecular flexibility index (Phi) is 7.51. The molecule has 5 fully saturated rings. The van der Waals surface area contributed by atoms with Crippen LogP contribution in [-0.4, -0.2) is 49.5 Å². The lowest BCUT2D eigenvalue weighted by Gasteiger charge is -2.59. The first kappa shape index (κ1) is 26.4. The number of carbonyl (C=O) groups is 2. The van der Waals surface area contributed by atoms with Crippen LogP contribution in [0.2, 0.25) is 0 Å². The highest BCUT2D eigenvalue weighted by atomic mass is 17.3. The molecule has 1 saturated carbocycles. The number of hydrogen-bond donors (Lipinski definition) is 1. The van der Waals surface area contributed by atoms with Gasteiger partial charge in [0.25, 0.3) is 0 Å². The first-order valence-corrected chi connectivity index (χ1v) is 13.5. The third kappa shape index (κ3) is 5.11. The molecule has 6 rings (SSSR count).